The van der Waals surface area contributed by atoms with Crippen LogP contribution in [0.15, 0.2) is 0 Å². The van der Waals surface area contributed by atoms with E-state index in [1.54, 1.807) is 0 Å². The fraction of sp³-hybridized carbons (Fsp3) is 0.917. The number of hydrogen-bond donors (Lipinski definition) is 2. The Kier molecular flexibility index (Phi) is 4.81. The van der Waals surface area contributed by atoms with Gasteiger partial charge in [0.1, 0.15) is 0 Å². The summed E-state index contributed by atoms with van der Waals surface area (Å²) in [5, 5.41) is 6.29. The van der Waals surface area contributed by atoms with Crippen LogP contribution in [-0.4, -0.2) is 57.1 Å². The summed E-state index contributed by atoms with van der Waals surface area (Å²) in [6.07, 6.45) is 4.64. The lowest BCUT2D eigenvalue weighted by Gasteiger charge is -2.32. The minimum absolute atomic E-state index is 0.0710. The van der Waals surface area contributed by atoms with Gasteiger partial charge in [-0.3, -0.25) is 4.79 Å². The topological polar surface area (TPSA) is 78.5 Å². The second kappa shape index (κ2) is 6.19. The van der Waals surface area contributed by atoms with Crippen molar-refractivity contribution in [3.8, 4) is 0 Å². The van der Waals surface area contributed by atoms with E-state index < -0.39 is 10.0 Å². The van der Waals surface area contributed by atoms with Crippen LogP contribution in [0.2, 0.25) is 0 Å². The molecule has 2 N–H and O–H groups in total. The minimum Gasteiger partial charge on any atom is -0.353 e. The largest absolute Gasteiger partial charge is 0.353 e. The summed E-state index contributed by atoms with van der Waals surface area (Å²) < 4.78 is 24.3. The molecular formula is C12H23N3O3S. The number of hydrogen-bond acceptors (Lipinski definition) is 4. The molecule has 0 aromatic rings. The highest BCUT2D eigenvalue weighted by Crippen LogP contribution is 2.15. The normalized spacial score (nSPS) is 27.1. The maximum absolute atomic E-state index is 12.1. The first-order valence-electron chi connectivity index (χ1n) is 6.93. The lowest BCUT2D eigenvalue weighted by molar-refractivity contribution is -0.126. The number of piperidine rings is 2. The molecule has 2 heterocycles. The lowest BCUT2D eigenvalue weighted by atomic mass is 9.97. The molecule has 1 atom stereocenters. The van der Waals surface area contributed by atoms with E-state index >= 15 is 0 Å². The first kappa shape index (κ1) is 14.7. The molecule has 2 aliphatic heterocycles. The van der Waals surface area contributed by atoms with Gasteiger partial charge in [0.05, 0.1) is 12.2 Å². The van der Waals surface area contributed by atoms with E-state index in [-0.39, 0.29) is 17.9 Å². The summed E-state index contributed by atoms with van der Waals surface area (Å²) >= 11 is 0. The Labute approximate surface area is 115 Å². The van der Waals surface area contributed by atoms with E-state index in [9.17, 15) is 13.2 Å². The van der Waals surface area contributed by atoms with Gasteiger partial charge in [-0.1, -0.05) is 0 Å². The number of nitrogens with one attached hydrogen (secondary N) is 2. The second-order valence-corrected chi connectivity index (χ2v) is 7.47. The molecule has 2 rings (SSSR count). The molecule has 6 nitrogen and oxygen atoms in total. The predicted molar refractivity (Wildman–Crippen MR) is 73.2 cm³/mol. The molecule has 0 aromatic heterocycles. The Bertz CT molecular complexity index is 410. The van der Waals surface area contributed by atoms with E-state index in [0.717, 1.165) is 25.9 Å². The molecule has 1 amide bonds. The zero-order valence-corrected chi connectivity index (χ0v) is 12.2. The van der Waals surface area contributed by atoms with Crippen LogP contribution in [0.1, 0.15) is 25.7 Å². The standard InChI is InChI=1S/C12H23N3O3S/c1-19(17,18)15-7-4-11(5-8-15)14-12(16)10-3-2-6-13-9-10/h10-11,13H,2-9H2,1H3,(H,14,16)/t10-/m1/s1. The third-order valence-electron chi connectivity index (χ3n) is 3.94. The number of carbonyl (C=O) groups excluding carboxylic acids is 1. The van der Waals surface area contributed by atoms with Crippen molar-refractivity contribution in [2.45, 2.75) is 31.7 Å². The molecule has 0 saturated carbocycles. The Morgan fingerprint density at radius 1 is 1.26 bits per heavy atom. The van der Waals surface area contributed by atoms with Crippen LogP contribution in [0.3, 0.4) is 0 Å². The number of sulfonamides is 1. The summed E-state index contributed by atoms with van der Waals surface area (Å²) in [5.41, 5.74) is 0. The first-order valence-corrected chi connectivity index (χ1v) is 8.78. The number of carbonyl (C=O) groups is 1. The van der Waals surface area contributed by atoms with Crippen molar-refractivity contribution in [2.24, 2.45) is 5.92 Å². The van der Waals surface area contributed by atoms with Gasteiger partial charge >= 0.3 is 0 Å². The van der Waals surface area contributed by atoms with Gasteiger partial charge in [0.15, 0.2) is 0 Å². The maximum Gasteiger partial charge on any atom is 0.224 e. The van der Waals surface area contributed by atoms with Gasteiger partial charge < -0.3 is 10.6 Å². The molecule has 2 fully saturated rings. The Morgan fingerprint density at radius 3 is 2.47 bits per heavy atom. The van der Waals surface area contributed by atoms with Crippen molar-refractivity contribution in [2.75, 3.05) is 32.4 Å². The third kappa shape index (κ3) is 4.15. The first-order chi connectivity index (χ1) is 8.97. The highest BCUT2D eigenvalue weighted by atomic mass is 32.2. The number of amides is 1. The van der Waals surface area contributed by atoms with Crippen LogP contribution in [0, 0.1) is 5.92 Å². The van der Waals surface area contributed by atoms with E-state index in [1.165, 1.54) is 10.6 Å². The monoisotopic (exact) mass is 289 g/mol. The Hall–Kier alpha value is -0.660. The fourth-order valence-corrected chi connectivity index (χ4v) is 3.60. The van der Waals surface area contributed by atoms with Gasteiger partial charge in [-0.2, -0.15) is 0 Å². The van der Waals surface area contributed by atoms with Crippen molar-refractivity contribution >= 4 is 15.9 Å². The Balaban J connectivity index is 1.77. The van der Waals surface area contributed by atoms with Crippen LogP contribution in [0.4, 0.5) is 0 Å². The van der Waals surface area contributed by atoms with Crippen LogP contribution in [0.5, 0.6) is 0 Å². The summed E-state index contributed by atoms with van der Waals surface area (Å²) in [5.74, 6) is 0.187. The van der Waals surface area contributed by atoms with Crippen molar-refractivity contribution in [3.05, 3.63) is 0 Å². The zero-order chi connectivity index (χ0) is 13.9. The van der Waals surface area contributed by atoms with Crippen molar-refractivity contribution in [1.29, 1.82) is 0 Å². The molecule has 110 valence electrons. The summed E-state index contributed by atoms with van der Waals surface area (Å²) in [6.45, 7) is 2.77. The molecule has 0 radical (unpaired) electrons. The van der Waals surface area contributed by atoms with Crippen molar-refractivity contribution in [3.63, 3.8) is 0 Å². The zero-order valence-electron chi connectivity index (χ0n) is 11.4. The molecule has 19 heavy (non-hydrogen) atoms. The van der Waals surface area contributed by atoms with Crippen LogP contribution in [0.25, 0.3) is 0 Å². The van der Waals surface area contributed by atoms with Crippen molar-refractivity contribution in [1.82, 2.24) is 14.9 Å². The summed E-state index contributed by atoms with van der Waals surface area (Å²) in [6, 6.07) is 0.118. The van der Waals surface area contributed by atoms with Gasteiger partial charge in [-0.05, 0) is 32.2 Å². The van der Waals surface area contributed by atoms with Crippen molar-refractivity contribution < 1.29 is 13.2 Å². The van der Waals surface area contributed by atoms with Gasteiger partial charge in [0.25, 0.3) is 0 Å². The summed E-state index contributed by atoms with van der Waals surface area (Å²) in [4.78, 5) is 12.1. The molecule has 0 unspecified atom stereocenters. The molecule has 0 aromatic carbocycles. The van der Waals surface area contributed by atoms with Gasteiger partial charge in [0.2, 0.25) is 15.9 Å². The minimum atomic E-state index is -3.09. The highest BCUT2D eigenvalue weighted by molar-refractivity contribution is 7.88. The van der Waals surface area contributed by atoms with E-state index in [4.69, 9.17) is 0 Å². The Morgan fingerprint density at radius 2 is 1.95 bits per heavy atom. The molecule has 2 aliphatic rings. The lowest BCUT2D eigenvalue weighted by Crippen LogP contribution is -2.49. The molecule has 0 spiro atoms. The van der Waals surface area contributed by atoms with Crippen LogP contribution >= 0.6 is 0 Å². The van der Waals surface area contributed by atoms with Crippen LogP contribution < -0.4 is 10.6 Å². The third-order valence-corrected chi connectivity index (χ3v) is 5.24. The maximum atomic E-state index is 12.1. The quantitative estimate of drug-likeness (QED) is 0.736. The van der Waals surface area contributed by atoms with Crippen LogP contribution in [-0.2, 0) is 14.8 Å². The average Bonchev–Trinajstić information content (AvgIpc) is 2.39. The molecule has 0 aliphatic carbocycles. The van der Waals surface area contributed by atoms with Gasteiger partial charge in [-0.25, -0.2) is 12.7 Å². The van der Waals surface area contributed by atoms with Gasteiger partial charge in [-0.15, -0.1) is 0 Å². The highest BCUT2D eigenvalue weighted by Gasteiger charge is 2.28. The second-order valence-electron chi connectivity index (χ2n) is 5.49. The van der Waals surface area contributed by atoms with Gasteiger partial charge in [0, 0.05) is 25.7 Å². The molecular weight excluding hydrogens is 266 g/mol. The predicted octanol–water partition coefficient (Wildman–Crippen LogP) is -0.474. The smallest absolute Gasteiger partial charge is 0.224 e. The molecule has 2 saturated heterocycles. The molecule has 7 heteroatoms. The number of rotatable bonds is 3. The number of nitrogens with zero attached hydrogens (tertiary/aromatic N) is 1. The summed E-state index contributed by atoms with van der Waals surface area (Å²) in [7, 11) is -3.09. The average molecular weight is 289 g/mol. The fourth-order valence-electron chi connectivity index (χ4n) is 2.73. The SMILES string of the molecule is CS(=O)(=O)N1CCC(NC(=O)[C@@H]2CCCNC2)CC1. The van der Waals surface area contributed by atoms with E-state index in [1.807, 2.05) is 0 Å². The molecule has 0 bridgehead atoms. The van der Waals surface area contributed by atoms with E-state index in [0.29, 0.717) is 25.9 Å². The van der Waals surface area contributed by atoms with E-state index in [2.05, 4.69) is 10.6 Å².